The second-order valence-corrected chi connectivity index (χ2v) is 16.4. The molecule has 2 aliphatic carbocycles. The number of benzene rings is 10. The Labute approximate surface area is 333 Å². The van der Waals surface area contributed by atoms with Crippen molar-refractivity contribution in [1.29, 1.82) is 0 Å². The van der Waals surface area contributed by atoms with Crippen LogP contribution in [0.4, 0.5) is 0 Å². The molecule has 10 aromatic carbocycles. The zero-order chi connectivity index (χ0) is 37.8. The van der Waals surface area contributed by atoms with Gasteiger partial charge in [-0.05, 0) is 152 Å². The van der Waals surface area contributed by atoms with E-state index in [9.17, 15) is 0 Å². The van der Waals surface area contributed by atoms with Gasteiger partial charge in [-0.3, -0.25) is 0 Å². The standard InChI is InChI=1S/C57H38/c1-57(2)53-21-13-12-20-43(53)44-26-24-40(32-54(44)57)47-33-51-46-29-28-41(37-18-10-5-11-19-37)55-45-27-23-39(36-16-8-4-9-17-36)31-49(45)52(56(46)55)34-50(51)42-25-22-38(30-48(42)47)35-14-6-3-7-15-35/h3-34H,1-2H3. The topological polar surface area (TPSA) is 0 Å². The molecular weight excluding hydrogens is 685 g/mol. The zero-order valence-corrected chi connectivity index (χ0v) is 32.0. The van der Waals surface area contributed by atoms with E-state index in [4.69, 9.17) is 0 Å². The molecule has 0 atom stereocenters. The summed E-state index contributed by atoms with van der Waals surface area (Å²) >= 11 is 0. The number of rotatable bonds is 4. The van der Waals surface area contributed by atoms with Gasteiger partial charge < -0.3 is 0 Å². The first kappa shape index (κ1) is 32.2. The second-order valence-electron chi connectivity index (χ2n) is 16.4. The lowest BCUT2D eigenvalue weighted by Crippen LogP contribution is -2.14. The van der Waals surface area contributed by atoms with E-state index in [1.165, 1.54) is 121 Å². The van der Waals surface area contributed by atoms with Gasteiger partial charge in [0.15, 0.2) is 0 Å². The molecule has 10 aromatic rings. The van der Waals surface area contributed by atoms with E-state index in [1.807, 2.05) is 0 Å². The maximum Gasteiger partial charge on any atom is 0.0159 e. The van der Waals surface area contributed by atoms with E-state index in [2.05, 4.69) is 208 Å². The summed E-state index contributed by atoms with van der Waals surface area (Å²) in [7, 11) is 0. The normalized spacial score (nSPS) is 13.2. The van der Waals surface area contributed by atoms with E-state index in [0.29, 0.717) is 0 Å². The average molecular weight is 723 g/mol. The lowest BCUT2D eigenvalue weighted by Gasteiger charge is -2.22. The van der Waals surface area contributed by atoms with E-state index in [0.717, 1.165) is 0 Å². The predicted molar refractivity (Wildman–Crippen MR) is 243 cm³/mol. The maximum atomic E-state index is 2.51. The summed E-state index contributed by atoms with van der Waals surface area (Å²) < 4.78 is 0. The summed E-state index contributed by atoms with van der Waals surface area (Å²) in [6, 6.07) is 72.7. The van der Waals surface area contributed by atoms with Crippen molar-refractivity contribution in [2.45, 2.75) is 19.3 Å². The molecule has 0 nitrogen and oxygen atoms in total. The molecule has 2 aliphatic rings. The smallest absolute Gasteiger partial charge is 0.0159 e. The summed E-state index contributed by atoms with van der Waals surface area (Å²) in [6.45, 7) is 4.76. The van der Waals surface area contributed by atoms with Crippen LogP contribution >= 0.6 is 0 Å². The molecule has 0 saturated heterocycles. The summed E-state index contributed by atoms with van der Waals surface area (Å²) in [6.07, 6.45) is 0. The molecule has 0 spiro atoms. The minimum atomic E-state index is -0.0861. The third-order valence-electron chi connectivity index (χ3n) is 13.0. The molecule has 0 aromatic heterocycles. The molecule has 0 bridgehead atoms. The van der Waals surface area contributed by atoms with Crippen LogP contribution in [0.15, 0.2) is 194 Å². The Morgan fingerprint density at radius 1 is 0.263 bits per heavy atom. The zero-order valence-electron chi connectivity index (χ0n) is 32.0. The SMILES string of the molecule is CC1(C)c2ccccc2-c2ccc(-c3cc4c5ccc(-c6ccccc6)c6c5c(cc4c4ccc(-c5ccccc5)cc34)-c3cc(-c4ccccc4)ccc3-6)cc21. The molecule has 266 valence electrons. The third-order valence-corrected chi connectivity index (χ3v) is 13.0. The van der Waals surface area contributed by atoms with Crippen LogP contribution < -0.4 is 0 Å². The number of fused-ring (bicyclic) bond motifs is 10. The van der Waals surface area contributed by atoms with Gasteiger partial charge in [0.1, 0.15) is 0 Å². The molecule has 0 radical (unpaired) electrons. The van der Waals surface area contributed by atoms with Gasteiger partial charge in [0.05, 0.1) is 0 Å². The van der Waals surface area contributed by atoms with Crippen LogP contribution in [0.5, 0.6) is 0 Å². The van der Waals surface area contributed by atoms with Gasteiger partial charge in [-0.25, -0.2) is 0 Å². The molecule has 0 fully saturated rings. The van der Waals surface area contributed by atoms with Crippen molar-refractivity contribution < 1.29 is 0 Å². The molecule has 0 heteroatoms. The Bertz CT molecular complexity index is 3280. The quantitative estimate of drug-likeness (QED) is 0.159. The highest BCUT2D eigenvalue weighted by molar-refractivity contribution is 6.30. The Kier molecular flexibility index (Phi) is 6.78. The number of hydrogen-bond acceptors (Lipinski definition) is 0. The van der Waals surface area contributed by atoms with E-state index >= 15 is 0 Å². The third kappa shape index (κ3) is 4.68. The van der Waals surface area contributed by atoms with Crippen LogP contribution in [0.1, 0.15) is 25.0 Å². The molecule has 0 saturated carbocycles. The van der Waals surface area contributed by atoms with Crippen LogP contribution in [0.2, 0.25) is 0 Å². The van der Waals surface area contributed by atoms with Crippen molar-refractivity contribution in [3.05, 3.63) is 205 Å². The Balaban J connectivity index is 1.18. The van der Waals surface area contributed by atoms with Crippen LogP contribution in [-0.4, -0.2) is 0 Å². The fourth-order valence-electron chi connectivity index (χ4n) is 10.2. The fraction of sp³-hybridized carbons (Fsp3) is 0.0526. The van der Waals surface area contributed by atoms with Crippen molar-refractivity contribution in [1.82, 2.24) is 0 Å². The Morgan fingerprint density at radius 3 is 1.56 bits per heavy atom. The highest BCUT2D eigenvalue weighted by Gasteiger charge is 2.35. The lowest BCUT2D eigenvalue weighted by atomic mass is 9.81. The fourth-order valence-corrected chi connectivity index (χ4v) is 10.2. The minimum Gasteiger partial charge on any atom is -0.0622 e. The van der Waals surface area contributed by atoms with Crippen molar-refractivity contribution in [3.63, 3.8) is 0 Å². The van der Waals surface area contributed by atoms with Crippen molar-refractivity contribution in [3.8, 4) is 77.9 Å². The molecule has 0 N–H and O–H groups in total. The van der Waals surface area contributed by atoms with Gasteiger partial charge >= 0.3 is 0 Å². The molecule has 57 heavy (non-hydrogen) atoms. The lowest BCUT2D eigenvalue weighted by molar-refractivity contribution is 0.660. The van der Waals surface area contributed by atoms with Crippen LogP contribution in [0, 0.1) is 0 Å². The number of hydrogen-bond donors (Lipinski definition) is 0. The van der Waals surface area contributed by atoms with Gasteiger partial charge in [-0.15, -0.1) is 0 Å². The largest absolute Gasteiger partial charge is 0.0622 e. The molecule has 0 aliphatic heterocycles. The first-order chi connectivity index (χ1) is 28.0. The summed E-state index contributed by atoms with van der Waals surface area (Å²) in [4.78, 5) is 0. The van der Waals surface area contributed by atoms with Crippen LogP contribution in [0.3, 0.4) is 0 Å². The van der Waals surface area contributed by atoms with Crippen molar-refractivity contribution in [2.24, 2.45) is 0 Å². The molecular formula is C57H38. The first-order valence-corrected chi connectivity index (χ1v) is 20.1. The van der Waals surface area contributed by atoms with Gasteiger partial charge in [0.25, 0.3) is 0 Å². The van der Waals surface area contributed by atoms with E-state index in [1.54, 1.807) is 0 Å². The molecule has 0 heterocycles. The van der Waals surface area contributed by atoms with Gasteiger partial charge in [0, 0.05) is 5.41 Å². The Hall–Kier alpha value is -7.02. The van der Waals surface area contributed by atoms with E-state index in [-0.39, 0.29) is 5.41 Å². The average Bonchev–Trinajstić information content (AvgIpc) is 3.72. The van der Waals surface area contributed by atoms with E-state index < -0.39 is 0 Å². The Morgan fingerprint density at radius 2 is 0.807 bits per heavy atom. The van der Waals surface area contributed by atoms with Crippen LogP contribution in [-0.2, 0) is 5.41 Å². The maximum absolute atomic E-state index is 2.51. The highest BCUT2D eigenvalue weighted by Crippen LogP contribution is 2.55. The summed E-state index contributed by atoms with van der Waals surface area (Å²) in [5, 5.41) is 7.80. The van der Waals surface area contributed by atoms with Gasteiger partial charge in [-0.1, -0.05) is 178 Å². The minimum absolute atomic E-state index is 0.0861. The van der Waals surface area contributed by atoms with Gasteiger partial charge in [0.2, 0.25) is 0 Å². The summed E-state index contributed by atoms with van der Waals surface area (Å²) in [5.41, 5.74) is 20.7. The molecule has 0 amide bonds. The highest BCUT2D eigenvalue weighted by atomic mass is 14.4. The van der Waals surface area contributed by atoms with Crippen LogP contribution in [0.25, 0.3) is 110 Å². The predicted octanol–water partition coefficient (Wildman–Crippen LogP) is 15.8. The van der Waals surface area contributed by atoms with Crippen molar-refractivity contribution in [2.75, 3.05) is 0 Å². The first-order valence-electron chi connectivity index (χ1n) is 20.1. The summed E-state index contributed by atoms with van der Waals surface area (Å²) in [5.74, 6) is 0. The second kappa shape index (κ2) is 12.0. The molecule has 0 unspecified atom stereocenters. The molecule has 12 rings (SSSR count). The van der Waals surface area contributed by atoms with Gasteiger partial charge in [-0.2, -0.15) is 0 Å². The monoisotopic (exact) mass is 722 g/mol. The van der Waals surface area contributed by atoms with Crippen molar-refractivity contribution >= 4 is 32.3 Å².